The number of aliphatic hydroxyl groups excluding tert-OH is 1. The minimum Gasteiger partial charge on any atom is -0.395 e. The number of hydrogen-bond acceptors (Lipinski definition) is 3. The fourth-order valence-corrected chi connectivity index (χ4v) is 3.40. The van der Waals surface area contributed by atoms with Gasteiger partial charge in [0.2, 0.25) is 0 Å². The molecule has 1 saturated heterocycles. The predicted octanol–water partition coefficient (Wildman–Crippen LogP) is 2.73. The van der Waals surface area contributed by atoms with Crippen LogP contribution in [0.25, 0.3) is 10.8 Å². The van der Waals surface area contributed by atoms with Crippen molar-refractivity contribution >= 4 is 22.4 Å². The Morgan fingerprint density at radius 2 is 1.64 bits per heavy atom. The summed E-state index contributed by atoms with van der Waals surface area (Å²) >= 11 is 6.64. The quantitative estimate of drug-likeness (QED) is 0.859. The predicted molar refractivity (Wildman–Crippen MR) is 92.5 cm³/mol. The van der Waals surface area contributed by atoms with Crippen molar-refractivity contribution in [3.63, 3.8) is 0 Å². The number of rotatable bonds is 5. The van der Waals surface area contributed by atoms with Crippen LogP contribution in [-0.2, 0) is 0 Å². The van der Waals surface area contributed by atoms with Gasteiger partial charge in [-0.1, -0.05) is 36.4 Å². The first kappa shape index (κ1) is 15.8. The molecule has 1 N–H and O–H groups in total. The first-order valence-corrected chi connectivity index (χ1v) is 8.38. The molecular formula is C18H23ClN2O. The highest BCUT2D eigenvalue weighted by Crippen LogP contribution is 2.26. The Labute approximate surface area is 137 Å². The van der Waals surface area contributed by atoms with Gasteiger partial charge in [-0.05, 0) is 22.4 Å². The van der Waals surface area contributed by atoms with Crippen molar-refractivity contribution < 1.29 is 5.11 Å². The molecule has 1 heterocycles. The van der Waals surface area contributed by atoms with E-state index in [4.69, 9.17) is 16.7 Å². The number of halogens is 1. The van der Waals surface area contributed by atoms with Crippen molar-refractivity contribution in [3.05, 3.63) is 48.0 Å². The third-order valence-corrected chi connectivity index (χ3v) is 4.82. The Bertz CT molecular complexity index is 611. The lowest BCUT2D eigenvalue weighted by Gasteiger charge is -2.35. The van der Waals surface area contributed by atoms with Crippen LogP contribution < -0.4 is 0 Å². The topological polar surface area (TPSA) is 26.7 Å². The van der Waals surface area contributed by atoms with E-state index in [-0.39, 0.29) is 12.0 Å². The smallest absolute Gasteiger partial charge is 0.0712 e. The van der Waals surface area contributed by atoms with E-state index in [2.05, 4.69) is 52.3 Å². The molecule has 2 aromatic carbocycles. The van der Waals surface area contributed by atoms with Gasteiger partial charge in [0.05, 0.1) is 12.0 Å². The number of alkyl halides is 1. The van der Waals surface area contributed by atoms with Crippen LogP contribution in [0, 0.1) is 0 Å². The number of β-amino-alcohol motifs (C(OH)–C–C–N with tert-alkyl or cyclic N) is 1. The summed E-state index contributed by atoms with van der Waals surface area (Å²) in [5, 5.41) is 11.5. The molecule has 4 heteroatoms. The third-order valence-electron chi connectivity index (χ3n) is 4.43. The Hall–Kier alpha value is -1.13. The number of hydrogen-bond donors (Lipinski definition) is 1. The maximum atomic E-state index is 8.99. The highest BCUT2D eigenvalue weighted by molar-refractivity contribution is 6.21. The van der Waals surface area contributed by atoms with Gasteiger partial charge in [0.15, 0.2) is 0 Å². The van der Waals surface area contributed by atoms with Crippen molar-refractivity contribution in [1.82, 2.24) is 9.80 Å². The summed E-state index contributed by atoms with van der Waals surface area (Å²) in [5.41, 5.74) is 1.19. The molecule has 0 bridgehead atoms. The molecule has 0 radical (unpaired) electrons. The highest BCUT2D eigenvalue weighted by Gasteiger charge is 2.19. The molecule has 1 aliphatic rings. The van der Waals surface area contributed by atoms with Crippen molar-refractivity contribution in [2.45, 2.75) is 5.38 Å². The van der Waals surface area contributed by atoms with Gasteiger partial charge in [-0.25, -0.2) is 0 Å². The van der Waals surface area contributed by atoms with Gasteiger partial charge < -0.3 is 5.11 Å². The zero-order valence-electron chi connectivity index (χ0n) is 12.8. The largest absolute Gasteiger partial charge is 0.395 e. The SMILES string of the molecule is OCCN1CCN(CC(Cl)c2ccc3ccccc3c2)CC1. The average molecular weight is 319 g/mol. The van der Waals surface area contributed by atoms with Gasteiger partial charge in [-0.2, -0.15) is 0 Å². The lowest BCUT2D eigenvalue weighted by molar-refractivity contribution is 0.112. The lowest BCUT2D eigenvalue weighted by Crippen LogP contribution is -2.47. The molecule has 2 aromatic rings. The molecule has 0 amide bonds. The second-order valence-electron chi connectivity index (χ2n) is 5.94. The number of aliphatic hydroxyl groups is 1. The number of piperazine rings is 1. The van der Waals surface area contributed by atoms with Gasteiger partial charge >= 0.3 is 0 Å². The normalized spacial score (nSPS) is 18.6. The molecule has 0 aliphatic carbocycles. The minimum absolute atomic E-state index is 0.0222. The number of fused-ring (bicyclic) bond motifs is 1. The summed E-state index contributed by atoms with van der Waals surface area (Å²) in [4.78, 5) is 4.72. The highest BCUT2D eigenvalue weighted by atomic mass is 35.5. The zero-order chi connectivity index (χ0) is 15.4. The van der Waals surface area contributed by atoms with Gasteiger partial charge in [-0.15, -0.1) is 11.6 Å². The van der Waals surface area contributed by atoms with Crippen molar-refractivity contribution in [3.8, 4) is 0 Å². The third kappa shape index (κ3) is 3.79. The minimum atomic E-state index is 0.0222. The molecule has 3 nitrogen and oxygen atoms in total. The molecule has 118 valence electrons. The summed E-state index contributed by atoms with van der Waals surface area (Å²) in [6, 6.07) is 14.9. The monoisotopic (exact) mass is 318 g/mol. The zero-order valence-corrected chi connectivity index (χ0v) is 13.5. The van der Waals surface area contributed by atoms with Crippen LogP contribution in [0.15, 0.2) is 42.5 Å². The second-order valence-corrected chi connectivity index (χ2v) is 6.47. The number of benzene rings is 2. The molecule has 1 atom stereocenters. The van der Waals surface area contributed by atoms with Crippen LogP contribution in [0.2, 0.25) is 0 Å². The summed E-state index contributed by atoms with van der Waals surface area (Å²) < 4.78 is 0. The first-order valence-electron chi connectivity index (χ1n) is 7.94. The van der Waals surface area contributed by atoms with E-state index in [1.807, 2.05) is 0 Å². The van der Waals surface area contributed by atoms with E-state index in [9.17, 15) is 0 Å². The van der Waals surface area contributed by atoms with E-state index < -0.39 is 0 Å². The van der Waals surface area contributed by atoms with E-state index in [1.54, 1.807) is 0 Å². The van der Waals surface area contributed by atoms with Crippen LogP contribution in [0.4, 0.5) is 0 Å². The standard InChI is InChI=1S/C18H23ClN2O/c19-18(14-21-9-7-20(8-10-21)11-12-22)17-6-5-15-3-1-2-4-16(15)13-17/h1-6,13,18,22H,7-12,14H2. The van der Waals surface area contributed by atoms with Gasteiger partial charge in [0.25, 0.3) is 0 Å². The lowest BCUT2D eigenvalue weighted by atomic mass is 10.0. The van der Waals surface area contributed by atoms with Crippen LogP contribution in [0.5, 0.6) is 0 Å². The Kier molecular flexibility index (Phi) is 5.32. The molecule has 1 aliphatic heterocycles. The van der Waals surface area contributed by atoms with E-state index >= 15 is 0 Å². The molecule has 1 unspecified atom stereocenters. The number of nitrogens with zero attached hydrogens (tertiary/aromatic N) is 2. The molecule has 0 saturated carbocycles. The molecule has 1 fully saturated rings. The Morgan fingerprint density at radius 3 is 2.36 bits per heavy atom. The van der Waals surface area contributed by atoms with E-state index in [0.717, 1.165) is 39.3 Å². The molecule has 3 rings (SSSR count). The second kappa shape index (κ2) is 7.42. The maximum Gasteiger partial charge on any atom is 0.0712 e. The fourth-order valence-electron chi connectivity index (χ4n) is 3.07. The molecule has 22 heavy (non-hydrogen) atoms. The van der Waals surface area contributed by atoms with E-state index in [0.29, 0.717) is 0 Å². The van der Waals surface area contributed by atoms with Crippen LogP contribution >= 0.6 is 11.6 Å². The van der Waals surface area contributed by atoms with Crippen molar-refractivity contribution in [2.75, 3.05) is 45.9 Å². The Balaban J connectivity index is 1.60. The van der Waals surface area contributed by atoms with Crippen molar-refractivity contribution in [1.29, 1.82) is 0 Å². The molecule has 0 aromatic heterocycles. The van der Waals surface area contributed by atoms with Gasteiger partial charge in [0, 0.05) is 39.3 Å². The fraction of sp³-hybridized carbons (Fsp3) is 0.444. The van der Waals surface area contributed by atoms with E-state index in [1.165, 1.54) is 16.3 Å². The molecule has 0 spiro atoms. The summed E-state index contributed by atoms with van der Waals surface area (Å²) in [6.07, 6.45) is 0. The van der Waals surface area contributed by atoms with Crippen molar-refractivity contribution in [2.24, 2.45) is 0 Å². The van der Waals surface area contributed by atoms with Crippen LogP contribution in [0.1, 0.15) is 10.9 Å². The van der Waals surface area contributed by atoms with Gasteiger partial charge in [0.1, 0.15) is 0 Å². The summed E-state index contributed by atoms with van der Waals surface area (Å²) in [5.74, 6) is 0. The summed E-state index contributed by atoms with van der Waals surface area (Å²) in [7, 11) is 0. The van der Waals surface area contributed by atoms with Crippen LogP contribution in [-0.4, -0.2) is 60.8 Å². The Morgan fingerprint density at radius 1 is 0.955 bits per heavy atom. The maximum absolute atomic E-state index is 8.99. The molecular weight excluding hydrogens is 296 g/mol. The average Bonchev–Trinajstić information content (AvgIpc) is 2.56. The van der Waals surface area contributed by atoms with Crippen LogP contribution in [0.3, 0.4) is 0 Å². The van der Waals surface area contributed by atoms with Gasteiger partial charge in [-0.3, -0.25) is 9.80 Å². The first-order chi connectivity index (χ1) is 10.8. The summed E-state index contributed by atoms with van der Waals surface area (Å²) in [6.45, 7) is 5.99.